The molecule has 0 aromatic carbocycles. The molecule has 0 aliphatic carbocycles. The van der Waals surface area contributed by atoms with Crippen molar-refractivity contribution in [1.29, 1.82) is 0 Å². The first-order valence-corrected chi connectivity index (χ1v) is 8.11. The SMILES string of the molecule is CN1CCN(c2cc(NCC(C)(O)c3cnn(C)c3)ncn2)CC1=O. The van der Waals surface area contributed by atoms with Crippen LogP contribution in [0.5, 0.6) is 0 Å². The number of carbonyl (C=O) groups excluding carboxylic acids is 1. The lowest BCUT2D eigenvalue weighted by Crippen LogP contribution is -2.48. The highest BCUT2D eigenvalue weighted by Gasteiger charge is 2.25. The number of aryl methyl sites for hydroxylation is 1. The van der Waals surface area contributed by atoms with Gasteiger partial charge < -0.3 is 20.2 Å². The molecule has 134 valence electrons. The van der Waals surface area contributed by atoms with Crippen molar-refractivity contribution in [2.75, 3.05) is 43.4 Å². The summed E-state index contributed by atoms with van der Waals surface area (Å²) in [7, 11) is 3.61. The number of hydrogen-bond donors (Lipinski definition) is 2. The highest BCUT2D eigenvalue weighted by Crippen LogP contribution is 2.21. The molecule has 1 atom stereocenters. The number of amides is 1. The van der Waals surface area contributed by atoms with Crippen LogP contribution in [-0.2, 0) is 17.4 Å². The van der Waals surface area contributed by atoms with Gasteiger partial charge in [0.1, 0.15) is 23.6 Å². The Morgan fingerprint density at radius 2 is 2.12 bits per heavy atom. The van der Waals surface area contributed by atoms with Crippen LogP contribution in [0.2, 0.25) is 0 Å². The third-order valence-corrected chi connectivity index (χ3v) is 4.37. The molecule has 9 nitrogen and oxygen atoms in total. The fraction of sp³-hybridized carbons (Fsp3) is 0.500. The van der Waals surface area contributed by atoms with Gasteiger partial charge in [0.05, 0.1) is 12.7 Å². The maximum absolute atomic E-state index is 11.9. The first-order valence-electron chi connectivity index (χ1n) is 8.11. The number of anilines is 2. The maximum Gasteiger partial charge on any atom is 0.241 e. The fourth-order valence-corrected chi connectivity index (χ4v) is 2.63. The van der Waals surface area contributed by atoms with Crippen LogP contribution in [0.3, 0.4) is 0 Å². The van der Waals surface area contributed by atoms with Gasteiger partial charge in [0.2, 0.25) is 5.91 Å². The highest BCUT2D eigenvalue weighted by molar-refractivity contribution is 5.82. The van der Waals surface area contributed by atoms with Crippen LogP contribution in [0, 0.1) is 0 Å². The summed E-state index contributed by atoms with van der Waals surface area (Å²) in [4.78, 5) is 23.9. The second-order valence-electron chi connectivity index (χ2n) is 6.53. The van der Waals surface area contributed by atoms with E-state index in [9.17, 15) is 9.90 Å². The minimum Gasteiger partial charge on any atom is -0.383 e. The zero-order valence-corrected chi connectivity index (χ0v) is 14.7. The monoisotopic (exact) mass is 345 g/mol. The van der Waals surface area contributed by atoms with Gasteiger partial charge in [0.15, 0.2) is 0 Å². The number of piperazine rings is 1. The van der Waals surface area contributed by atoms with E-state index in [1.807, 2.05) is 4.90 Å². The molecule has 3 heterocycles. The molecule has 2 aromatic heterocycles. The molecule has 1 aliphatic heterocycles. The van der Waals surface area contributed by atoms with Gasteiger partial charge in [-0.05, 0) is 6.92 Å². The predicted molar refractivity (Wildman–Crippen MR) is 93.2 cm³/mol. The number of nitrogens with one attached hydrogen (secondary N) is 1. The Bertz CT molecular complexity index is 758. The fourth-order valence-electron chi connectivity index (χ4n) is 2.63. The minimum atomic E-state index is -1.08. The Morgan fingerprint density at radius 3 is 2.80 bits per heavy atom. The molecule has 0 spiro atoms. The van der Waals surface area contributed by atoms with Gasteiger partial charge >= 0.3 is 0 Å². The number of aromatic nitrogens is 4. The van der Waals surface area contributed by atoms with E-state index in [1.165, 1.54) is 6.33 Å². The number of rotatable bonds is 5. The Morgan fingerprint density at radius 1 is 1.32 bits per heavy atom. The van der Waals surface area contributed by atoms with Crippen molar-refractivity contribution in [2.45, 2.75) is 12.5 Å². The van der Waals surface area contributed by atoms with E-state index >= 15 is 0 Å². The van der Waals surface area contributed by atoms with Crippen LogP contribution in [0.4, 0.5) is 11.6 Å². The van der Waals surface area contributed by atoms with Crippen LogP contribution in [0.1, 0.15) is 12.5 Å². The molecule has 0 radical (unpaired) electrons. The van der Waals surface area contributed by atoms with Crippen molar-refractivity contribution < 1.29 is 9.90 Å². The van der Waals surface area contributed by atoms with E-state index in [0.29, 0.717) is 24.7 Å². The zero-order valence-electron chi connectivity index (χ0n) is 14.7. The molecule has 2 aromatic rings. The number of nitrogens with zero attached hydrogens (tertiary/aromatic N) is 6. The summed E-state index contributed by atoms with van der Waals surface area (Å²) in [6.45, 7) is 3.70. The molecule has 1 saturated heterocycles. The van der Waals surface area contributed by atoms with Crippen molar-refractivity contribution in [2.24, 2.45) is 7.05 Å². The summed E-state index contributed by atoms with van der Waals surface area (Å²) >= 11 is 0. The first kappa shape index (κ1) is 17.2. The molecule has 1 unspecified atom stereocenters. The lowest BCUT2D eigenvalue weighted by Gasteiger charge is -2.32. The second kappa shape index (κ2) is 6.67. The molecule has 3 rings (SSSR count). The first-order chi connectivity index (χ1) is 11.8. The van der Waals surface area contributed by atoms with Gasteiger partial charge in [-0.3, -0.25) is 9.48 Å². The van der Waals surface area contributed by atoms with Gasteiger partial charge in [-0.15, -0.1) is 0 Å². The normalized spacial score (nSPS) is 17.5. The largest absolute Gasteiger partial charge is 0.383 e. The van der Waals surface area contributed by atoms with Crippen molar-refractivity contribution in [3.05, 3.63) is 30.4 Å². The van der Waals surface area contributed by atoms with Crippen molar-refractivity contribution in [1.82, 2.24) is 24.6 Å². The average Bonchev–Trinajstić information content (AvgIpc) is 3.03. The summed E-state index contributed by atoms with van der Waals surface area (Å²) in [6.07, 6.45) is 4.88. The number of hydrogen-bond acceptors (Lipinski definition) is 7. The van der Waals surface area contributed by atoms with Crippen molar-refractivity contribution >= 4 is 17.5 Å². The summed E-state index contributed by atoms with van der Waals surface area (Å²) < 4.78 is 1.65. The third kappa shape index (κ3) is 3.87. The molecular weight excluding hydrogens is 322 g/mol. The summed E-state index contributed by atoms with van der Waals surface area (Å²) in [6, 6.07) is 1.79. The van der Waals surface area contributed by atoms with Gasteiger partial charge in [-0.1, -0.05) is 0 Å². The molecule has 1 amide bonds. The predicted octanol–water partition coefficient (Wildman–Crippen LogP) is -0.192. The maximum atomic E-state index is 11.9. The van der Waals surface area contributed by atoms with Crippen LogP contribution in [0.15, 0.2) is 24.8 Å². The van der Waals surface area contributed by atoms with E-state index in [2.05, 4.69) is 20.4 Å². The zero-order chi connectivity index (χ0) is 18.0. The molecule has 1 fully saturated rings. The van der Waals surface area contributed by atoms with Gasteiger partial charge in [0.25, 0.3) is 0 Å². The standard InChI is InChI=1S/C16H23N7O2/c1-16(25,12-7-20-22(3)8-12)10-17-13-6-14(19-11-18-13)23-5-4-21(2)15(24)9-23/h6-8,11,25H,4-5,9-10H2,1-3H3,(H,17,18,19). The van der Waals surface area contributed by atoms with E-state index in [0.717, 1.165) is 12.1 Å². The summed E-state index contributed by atoms with van der Waals surface area (Å²) in [5, 5.41) is 17.8. The van der Waals surface area contributed by atoms with E-state index < -0.39 is 5.60 Å². The molecule has 25 heavy (non-hydrogen) atoms. The van der Waals surface area contributed by atoms with E-state index in [4.69, 9.17) is 0 Å². The Balaban J connectivity index is 1.67. The number of aliphatic hydroxyl groups is 1. The summed E-state index contributed by atoms with van der Waals surface area (Å²) in [5.41, 5.74) is -0.357. The molecule has 0 saturated carbocycles. The number of carbonyl (C=O) groups is 1. The molecule has 0 bridgehead atoms. The smallest absolute Gasteiger partial charge is 0.241 e. The Hall–Kier alpha value is -2.68. The number of likely N-dealkylation sites (N-methyl/N-ethyl adjacent to an activating group) is 1. The average molecular weight is 345 g/mol. The lowest BCUT2D eigenvalue weighted by atomic mass is 10.00. The van der Waals surface area contributed by atoms with Gasteiger partial charge in [-0.2, -0.15) is 5.10 Å². The second-order valence-corrected chi connectivity index (χ2v) is 6.53. The van der Waals surface area contributed by atoms with E-state index in [1.54, 1.807) is 49.1 Å². The quantitative estimate of drug-likeness (QED) is 0.775. The molecular formula is C16H23N7O2. The molecule has 2 N–H and O–H groups in total. The Labute approximate surface area is 146 Å². The highest BCUT2D eigenvalue weighted by atomic mass is 16.3. The lowest BCUT2D eigenvalue weighted by molar-refractivity contribution is -0.129. The van der Waals surface area contributed by atoms with Crippen LogP contribution in [0.25, 0.3) is 0 Å². The van der Waals surface area contributed by atoms with Gasteiger partial charge in [0, 0.05) is 51.6 Å². The van der Waals surface area contributed by atoms with Crippen LogP contribution in [-0.4, -0.2) is 68.9 Å². The van der Waals surface area contributed by atoms with Crippen LogP contribution >= 0.6 is 0 Å². The van der Waals surface area contributed by atoms with Crippen LogP contribution < -0.4 is 10.2 Å². The van der Waals surface area contributed by atoms with Crippen molar-refractivity contribution in [3.8, 4) is 0 Å². The van der Waals surface area contributed by atoms with E-state index in [-0.39, 0.29) is 12.5 Å². The minimum absolute atomic E-state index is 0.0684. The third-order valence-electron chi connectivity index (χ3n) is 4.37. The molecule has 9 heteroatoms. The van der Waals surface area contributed by atoms with Crippen molar-refractivity contribution in [3.63, 3.8) is 0 Å². The topological polar surface area (TPSA) is 99.4 Å². The van der Waals surface area contributed by atoms with Gasteiger partial charge in [-0.25, -0.2) is 9.97 Å². The molecule has 1 aliphatic rings. The Kier molecular flexibility index (Phi) is 4.58. The summed E-state index contributed by atoms with van der Waals surface area (Å²) in [5.74, 6) is 1.36.